The van der Waals surface area contributed by atoms with Crippen LogP contribution in [0.5, 0.6) is 0 Å². The summed E-state index contributed by atoms with van der Waals surface area (Å²) in [6.07, 6.45) is 9.81. The molecule has 0 atom stereocenters. The molecule has 0 aromatic heterocycles. The molecule has 0 N–H and O–H groups in total. The zero-order valence-corrected chi connectivity index (χ0v) is 30.5. The molecule has 0 fully saturated rings. The van der Waals surface area contributed by atoms with E-state index >= 15 is 0 Å². The number of hydrogen-bond donors (Lipinski definition) is 0. The fourth-order valence-corrected chi connectivity index (χ4v) is 7.51. The van der Waals surface area contributed by atoms with E-state index in [9.17, 15) is 0 Å². The lowest BCUT2D eigenvalue weighted by Gasteiger charge is -2.25. The van der Waals surface area contributed by atoms with Gasteiger partial charge in [0, 0.05) is 34.1 Å². The Labute approximate surface area is 324 Å². The monoisotopic (exact) mass is 704 g/mol. The Bertz CT molecular complexity index is 2310. The van der Waals surface area contributed by atoms with E-state index in [1.54, 1.807) is 0 Å². The molecule has 0 heterocycles. The molecule has 8 aromatic carbocycles. The number of para-hydroxylation sites is 4. The van der Waals surface area contributed by atoms with E-state index in [2.05, 4.69) is 240 Å². The molecule has 0 unspecified atom stereocenters. The van der Waals surface area contributed by atoms with Gasteiger partial charge in [-0.2, -0.15) is 0 Å². The van der Waals surface area contributed by atoms with E-state index in [1.807, 2.05) is 0 Å². The zero-order chi connectivity index (χ0) is 36.8. The maximum Gasteiger partial charge on any atom is 0.0462 e. The highest BCUT2D eigenvalue weighted by Gasteiger charge is 2.19. The minimum atomic E-state index is 0.945. The Balaban J connectivity index is 0.877. The molecule has 0 amide bonds. The van der Waals surface area contributed by atoms with Gasteiger partial charge < -0.3 is 9.80 Å². The van der Waals surface area contributed by atoms with Crippen LogP contribution in [-0.4, -0.2) is 0 Å². The average molecular weight is 705 g/mol. The molecule has 9 rings (SSSR count). The highest BCUT2D eigenvalue weighted by molar-refractivity contribution is 5.83. The van der Waals surface area contributed by atoms with Gasteiger partial charge >= 0.3 is 0 Å². The molecule has 2 nitrogen and oxygen atoms in total. The van der Waals surface area contributed by atoms with Crippen LogP contribution in [0.25, 0.3) is 35.4 Å². The minimum Gasteiger partial charge on any atom is -0.311 e. The van der Waals surface area contributed by atoms with E-state index in [4.69, 9.17) is 0 Å². The van der Waals surface area contributed by atoms with Crippen molar-refractivity contribution >= 4 is 58.4 Å². The molecule has 0 saturated carbocycles. The van der Waals surface area contributed by atoms with Gasteiger partial charge in [-0.05, 0) is 124 Å². The van der Waals surface area contributed by atoms with Crippen LogP contribution in [0.2, 0.25) is 0 Å². The van der Waals surface area contributed by atoms with Crippen LogP contribution < -0.4 is 9.80 Å². The lowest BCUT2D eigenvalue weighted by Crippen LogP contribution is -2.09. The van der Waals surface area contributed by atoms with Crippen LogP contribution >= 0.6 is 0 Å². The summed E-state index contributed by atoms with van der Waals surface area (Å²) in [4.78, 5) is 4.58. The Morgan fingerprint density at radius 1 is 0.273 bits per heavy atom. The fraction of sp³-hybridized carbons (Fsp3) is 0.0189. The predicted molar refractivity (Wildman–Crippen MR) is 235 cm³/mol. The van der Waals surface area contributed by atoms with Crippen molar-refractivity contribution < 1.29 is 0 Å². The van der Waals surface area contributed by atoms with Gasteiger partial charge in [-0.3, -0.25) is 0 Å². The topological polar surface area (TPSA) is 6.48 Å². The first-order valence-corrected chi connectivity index (χ1v) is 18.9. The molecule has 1 aliphatic rings. The smallest absolute Gasteiger partial charge is 0.0462 e. The Hall–Kier alpha value is -7.16. The van der Waals surface area contributed by atoms with Gasteiger partial charge in [0.2, 0.25) is 0 Å². The first kappa shape index (κ1) is 33.7. The molecule has 0 radical (unpaired) electrons. The van der Waals surface area contributed by atoms with Crippen molar-refractivity contribution in [2.75, 3.05) is 9.80 Å². The molecular weight excluding hydrogens is 665 g/mol. The predicted octanol–water partition coefficient (Wildman–Crippen LogP) is 14.5. The highest BCUT2D eigenvalue weighted by atomic mass is 15.1. The Morgan fingerprint density at radius 2 is 0.545 bits per heavy atom. The summed E-state index contributed by atoms with van der Waals surface area (Å²) in [6.45, 7) is 0. The maximum atomic E-state index is 2.35. The number of fused-ring (bicyclic) bond motifs is 3. The van der Waals surface area contributed by atoms with Crippen LogP contribution in [-0.2, 0) is 6.42 Å². The fourth-order valence-electron chi connectivity index (χ4n) is 7.51. The van der Waals surface area contributed by atoms with E-state index in [0.717, 1.165) is 40.5 Å². The minimum absolute atomic E-state index is 0.945. The van der Waals surface area contributed by atoms with Crippen LogP contribution in [0, 0.1) is 0 Å². The van der Waals surface area contributed by atoms with Crippen LogP contribution in [0.3, 0.4) is 0 Å². The highest BCUT2D eigenvalue weighted by Crippen LogP contribution is 2.39. The molecule has 55 heavy (non-hydrogen) atoms. The van der Waals surface area contributed by atoms with Gasteiger partial charge in [-0.1, -0.05) is 158 Å². The second-order valence-electron chi connectivity index (χ2n) is 13.9. The molecule has 0 saturated heterocycles. The van der Waals surface area contributed by atoms with Crippen molar-refractivity contribution in [3.8, 4) is 11.1 Å². The quantitative estimate of drug-likeness (QED) is 0.131. The Morgan fingerprint density at radius 3 is 0.873 bits per heavy atom. The Kier molecular flexibility index (Phi) is 9.45. The van der Waals surface area contributed by atoms with Gasteiger partial charge in [0.05, 0.1) is 0 Å². The summed E-state index contributed by atoms with van der Waals surface area (Å²) in [5.41, 5.74) is 17.0. The molecular formula is C53H40N2. The van der Waals surface area contributed by atoms with E-state index in [1.165, 1.54) is 44.5 Å². The SMILES string of the molecule is C(=Cc1ccc2c(c1)Cc1cc(C=Cc3ccc(N(c4ccccc4)c4ccccc4)cc3)ccc1-2)c1ccc(N(c2ccccc2)c2ccccc2)cc1. The molecule has 1 aliphatic carbocycles. The van der Waals surface area contributed by atoms with Crippen LogP contribution in [0.1, 0.15) is 33.4 Å². The molecule has 262 valence electrons. The first-order valence-electron chi connectivity index (χ1n) is 18.9. The second-order valence-corrected chi connectivity index (χ2v) is 13.9. The van der Waals surface area contributed by atoms with Crippen molar-refractivity contribution in [1.82, 2.24) is 0 Å². The number of nitrogens with zero attached hydrogens (tertiary/aromatic N) is 2. The third-order valence-corrected chi connectivity index (χ3v) is 10.2. The van der Waals surface area contributed by atoms with Gasteiger partial charge in [-0.25, -0.2) is 0 Å². The summed E-state index contributed by atoms with van der Waals surface area (Å²) >= 11 is 0. The summed E-state index contributed by atoms with van der Waals surface area (Å²) in [6, 6.07) is 73.4. The number of rotatable bonds is 10. The first-order chi connectivity index (χ1) is 27.2. The normalized spacial score (nSPS) is 11.8. The summed E-state index contributed by atoms with van der Waals surface area (Å²) in [5, 5.41) is 0. The third-order valence-electron chi connectivity index (χ3n) is 10.2. The second kappa shape index (κ2) is 15.4. The maximum absolute atomic E-state index is 2.35. The number of anilines is 6. The van der Waals surface area contributed by atoms with E-state index < -0.39 is 0 Å². The van der Waals surface area contributed by atoms with Gasteiger partial charge in [-0.15, -0.1) is 0 Å². The summed E-state index contributed by atoms with van der Waals surface area (Å²) in [7, 11) is 0. The lowest BCUT2D eigenvalue weighted by molar-refractivity contribution is 1.26. The number of hydrogen-bond acceptors (Lipinski definition) is 2. The van der Waals surface area contributed by atoms with Crippen molar-refractivity contribution in [3.63, 3.8) is 0 Å². The summed E-state index contributed by atoms with van der Waals surface area (Å²) in [5.74, 6) is 0. The van der Waals surface area contributed by atoms with Gasteiger partial charge in [0.25, 0.3) is 0 Å². The number of benzene rings is 8. The van der Waals surface area contributed by atoms with Crippen LogP contribution in [0.4, 0.5) is 34.1 Å². The van der Waals surface area contributed by atoms with Crippen LogP contribution in [0.15, 0.2) is 206 Å². The van der Waals surface area contributed by atoms with Crippen molar-refractivity contribution in [1.29, 1.82) is 0 Å². The molecule has 0 spiro atoms. The standard InChI is InChI=1S/C53H40N2/c1-5-13-46(14-6-1)54(47-15-7-2-8-16-47)50-31-25-40(26-32-50)21-23-42-29-35-52-44(37-42)39-45-38-43(30-36-53(45)52)24-22-41-27-33-51(34-28-41)55(48-17-9-3-10-18-48)49-19-11-4-12-20-49/h1-38H,39H2. The molecule has 2 heteroatoms. The lowest BCUT2D eigenvalue weighted by atomic mass is 10.0. The summed E-state index contributed by atoms with van der Waals surface area (Å²) < 4.78 is 0. The molecule has 0 bridgehead atoms. The van der Waals surface area contributed by atoms with Crippen molar-refractivity contribution in [2.24, 2.45) is 0 Å². The van der Waals surface area contributed by atoms with Crippen molar-refractivity contribution in [2.45, 2.75) is 6.42 Å². The molecule has 0 aliphatic heterocycles. The van der Waals surface area contributed by atoms with E-state index in [-0.39, 0.29) is 0 Å². The largest absolute Gasteiger partial charge is 0.311 e. The molecule has 8 aromatic rings. The van der Waals surface area contributed by atoms with Crippen molar-refractivity contribution in [3.05, 3.63) is 240 Å². The van der Waals surface area contributed by atoms with E-state index in [0.29, 0.717) is 0 Å². The zero-order valence-electron chi connectivity index (χ0n) is 30.5. The van der Waals surface area contributed by atoms with Gasteiger partial charge in [0.15, 0.2) is 0 Å². The average Bonchev–Trinajstić information content (AvgIpc) is 3.62. The third kappa shape index (κ3) is 7.40. The van der Waals surface area contributed by atoms with Gasteiger partial charge in [0.1, 0.15) is 0 Å².